The molecule has 0 spiro atoms. The van der Waals surface area contributed by atoms with Gasteiger partial charge in [-0.3, -0.25) is 14.3 Å². The zero-order chi connectivity index (χ0) is 39.1. The molecule has 0 bridgehead atoms. The number of nitrogens with zero attached hydrogens (tertiary/aromatic N) is 8. The molecule has 2 aromatic heterocycles. The number of ether oxygens (including phenoxy) is 2. The minimum absolute atomic E-state index is 0.0969. The van der Waals surface area contributed by atoms with Gasteiger partial charge in [-0.1, -0.05) is 35.3 Å². The predicted molar refractivity (Wildman–Crippen MR) is 199 cm³/mol. The van der Waals surface area contributed by atoms with Crippen molar-refractivity contribution in [2.45, 2.75) is 94.8 Å². The number of rotatable bonds is 13. The number of alkyl carbamates (subject to hydrolysis) is 1. The summed E-state index contributed by atoms with van der Waals surface area (Å²) >= 11 is 0.669. The largest absolute Gasteiger partial charge is 0.444 e. The van der Waals surface area contributed by atoms with Gasteiger partial charge in [-0.25, -0.2) is 28.6 Å². The Kier molecular flexibility index (Phi) is 11.6. The van der Waals surface area contributed by atoms with Crippen molar-refractivity contribution in [1.82, 2.24) is 34.5 Å². The maximum Gasteiger partial charge on any atom is 0.408 e. The lowest BCUT2D eigenvalue weighted by molar-refractivity contribution is -0.133. The summed E-state index contributed by atoms with van der Waals surface area (Å²) in [4.78, 5) is 32.8. The molecule has 0 unspecified atom stereocenters. The van der Waals surface area contributed by atoms with Crippen LogP contribution < -0.4 is 10.2 Å². The minimum Gasteiger partial charge on any atom is -0.444 e. The third-order valence-corrected chi connectivity index (χ3v) is 13.4. The van der Waals surface area contributed by atoms with E-state index >= 15 is 0 Å². The third-order valence-electron chi connectivity index (χ3n) is 8.92. The Balaban J connectivity index is 1.51. The van der Waals surface area contributed by atoms with E-state index in [0.29, 0.717) is 60.5 Å². The Morgan fingerprint density at radius 2 is 1.81 bits per heavy atom. The summed E-state index contributed by atoms with van der Waals surface area (Å²) in [6, 6.07) is 2.94. The van der Waals surface area contributed by atoms with Crippen LogP contribution in [0.2, 0.25) is 25.7 Å². The van der Waals surface area contributed by atoms with Crippen molar-refractivity contribution in [1.29, 1.82) is 0 Å². The van der Waals surface area contributed by atoms with Gasteiger partial charge in [0.05, 0.1) is 28.9 Å². The van der Waals surface area contributed by atoms with Gasteiger partial charge in [0.15, 0.2) is 10.0 Å². The van der Waals surface area contributed by atoms with Crippen LogP contribution in [-0.4, -0.2) is 114 Å². The third kappa shape index (κ3) is 9.13. The molecule has 1 atom stereocenters. The second-order valence-electron chi connectivity index (χ2n) is 15.5. The van der Waals surface area contributed by atoms with Gasteiger partial charge in [0, 0.05) is 53.3 Å². The van der Waals surface area contributed by atoms with Crippen molar-refractivity contribution < 1.29 is 36.3 Å². The summed E-state index contributed by atoms with van der Waals surface area (Å²) in [6.07, 6.45) is -2.83. The number of nitrogens with one attached hydrogen (secondary N) is 1. The molecule has 53 heavy (non-hydrogen) atoms. The first kappa shape index (κ1) is 40.4. The highest BCUT2D eigenvalue weighted by Gasteiger charge is 2.61. The maximum absolute atomic E-state index is 14.6. The first-order valence-corrected chi connectivity index (χ1v) is 23.3. The highest BCUT2D eigenvalue weighted by molar-refractivity contribution is 7.89. The molecule has 2 amide bonds. The van der Waals surface area contributed by atoms with Crippen LogP contribution in [0.15, 0.2) is 17.0 Å². The van der Waals surface area contributed by atoms with Crippen molar-refractivity contribution in [2.24, 2.45) is 7.05 Å². The fraction of sp³-hybridized carbons (Fsp3) is 0.636. The van der Waals surface area contributed by atoms with Gasteiger partial charge in [-0.2, -0.15) is 5.10 Å². The monoisotopic (exact) mass is 795 g/mol. The zero-order valence-electron chi connectivity index (χ0n) is 31.3. The molecule has 1 saturated heterocycles. The van der Waals surface area contributed by atoms with Crippen molar-refractivity contribution in [3.05, 3.63) is 28.6 Å². The van der Waals surface area contributed by atoms with E-state index in [1.54, 1.807) is 44.3 Å². The zero-order valence-corrected chi connectivity index (χ0v) is 33.9. The summed E-state index contributed by atoms with van der Waals surface area (Å²) in [5, 5.41) is 14.7. The molecule has 1 N–H and O–H groups in total. The number of halogens is 2. The second-order valence-corrected chi connectivity index (χ2v) is 24.0. The Labute approximate surface area is 313 Å². The summed E-state index contributed by atoms with van der Waals surface area (Å²) < 4.78 is 70.2. The lowest BCUT2D eigenvalue weighted by Gasteiger charge is -2.37. The molecule has 15 nitrogen and oxygen atoms in total. The van der Waals surface area contributed by atoms with Crippen LogP contribution in [0, 0.1) is 6.57 Å². The van der Waals surface area contributed by atoms with Crippen molar-refractivity contribution in [3.63, 3.8) is 0 Å². The summed E-state index contributed by atoms with van der Waals surface area (Å²) in [7, 11) is -4.18. The van der Waals surface area contributed by atoms with Gasteiger partial charge < -0.3 is 24.6 Å². The molecule has 1 aliphatic carbocycles. The van der Waals surface area contributed by atoms with Gasteiger partial charge in [-0.15, -0.1) is 10.2 Å². The van der Waals surface area contributed by atoms with Crippen LogP contribution in [0.3, 0.4) is 0 Å². The molecule has 2 fully saturated rings. The molecule has 5 rings (SSSR count). The normalized spacial score (nSPS) is 17.0. The van der Waals surface area contributed by atoms with E-state index in [9.17, 15) is 26.8 Å². The summed E-state index contributed by atoms with van der Waals surface area (Å²) in [5.74, 6) is -0.301. The van der Waals surface area contributed by atoms with Crippen LogP contribution in [0.4, 0.5) is 19.3 Å². The Morgan fingerprint density at radius 1 is 1.15 bits per heavy atom. The van der Waals surface area contributed by atoms with Crippen molar-refractivity contribution in [2.75, 3.05) is 44.4 Å². The average molecular weight is 796 g/mol. The van der Waals surface area contributed by atoms with E-state index in [-0.39, 0.29) is 41.3 Å². The number of aryl methyl sites for hydroxylation is 1. The number of benzene rings is 1. The van der Waals surface area contributed by atoms with Crippen LogP contribution in [0.5, 0.6) is 0 Å². The number of hydrogen-bond donors (Lipinski definition) is 1. The van der Waals surface area contributed by atoms with E-state index in [2.05, 4.69) is 45.1 Å². The fourth-order valence-corrected chi connectivity index (χ4v) is 9.04. The van der Waals surface area contributed by atoms with Crippen LogP contribution in [-0.2, 0) is 31.3 Å². The van der Waals surface area contributed by atoms with E-state index in [0.717, 1.165) is 10.3 Å². The molecule has 1 aliphatic heterocycles. The first-order valence-electron chi connectivity index (χ1n) is 17.3. The lowest BCUT2D eigenvalue weighted by atomic mass is 10.1. The van der Waals surface area contributed by atoms with Gasteiger partial charge >= 0.3 is 11.8 Å². The highest BCUT2D eigenvalue weighted by atomic mass is 32.2. The number of hydrogen-bond acceptors (Lipinski definition) is 11. The molecule has 1 aromatic carbocycles. The van der Waals surface area contributed by atoms with E-state index in [1.807, 2.05) is 4.90 Å². The number of aromatic nitrogens is 4. The molecule has 0 radical (unpaired) electrons. The standard InChI is InChI=1S/C33H47F2N9O6S2Si/c1-21(37-31(46)50-32(2,3)4)30(45)43-14-12-42(13-15-43)24-19-22(18-23-25(40-41(6)26(23)24)28-38-39-29(51-28)27(34)35)52(47,48)44(33(36-5)10-11-33)20-49-16-17-53(7,8)9/h18-19,21,27H,10-17,20H2,1-4,6-9H3,(H,37,46)/t21-/m1/s1. The number of sulfonamides is 1. The lowest BCUT2D eigenvalue weighted by Crippen LogP contribution is -2.54. The fourth-order valence-electron chi connectivity index (χ4n) is 5.92. The SMILES string of the molecule is [C-]#[N+]C1(N(COCC[Si](C)(C)C)S(=O)(=O)c2cc(N3CCN(C(=O)[C@@H](C)NC(=O)OC(C)(C)C)CC3)c3c(c2)c(-c2nnc(C(F)F)s2)nn3C)CC1. The number of anilines is 1. The molecule has 2 aliphatic rings. The van der Waals surface area contributed by atoms with E-state index in [4.69, 9.17) is 16.0 Å². The summed E-state index contributed by atoms with van der Waals surface area (Å²) in [5.41, 5.74) is -0.805. The molecule has 3 aromatic rings. The number of fused-ring (bicyclic) bond motifs is 1. The van der Waals surface area contributed by atoms with Gasteiger partial charge in [0.2, 0.25) is 5.91 Å². The van der Waals surface area contributed by atoms with E-state index in [1.165, 1.54) is 12.1 Å². The Bertz CT molecular complexity index is 1990. The van der Waals surface area contributed by atoms with E-state index < -0.39 is 52.9 Å². The quantitative estimate of drug-likeness (QED) is 0.104. The highest BCUT2D eigenvalue weighted by Crippen LogP contribution is 2.47. The predicted octanol–water partition coefficient (Wildman–Crippen LogP) is 5.30. The van der Waals surface area contributed by atoms with Gasteiger partial charge in [0.1, 0.15) is 24.1 Å². The summed E-state index contributed by atoms with van der Waals surface area (Å²) in [6.45, 7) is 22.4. The molecule has 1 saturated carbocycles. The Hall–Kier alpha value is -3.77. The molecule has 20 heteroatoms. The molecular weight excluding hydrogens is 749 g/mol. The smallest absolute Gasteiger partial charge is 0.408 e. The van der Waals surface area contributed by atoms with Gasteiger partial charge in [0.25, 0.3) is 16.4 Å². The van der Waals surface area contributed by atoms with Crippen LogP contribution >= 0.6 is 11.3 Å². The minimum atomic E-state index is -4.36. The second kappa shape index (κ2) is 15.2. The molecular formula is C33H47F2N9O6S2Si. The topological polar surface area (TPSA) is 156 Å². The van der Waals surface area contributed by atoms with Crippen molar-refractivity contribution >= 4 is 58.0 Å². The molecule has 290 valence electrons. The van der Waals surface area contributed by atoms with Crippen LogP contribution in [0.1, 0.15) is 52.0 Å². The molecule has 3 heterocycles. The van der Waals surface area contributed by atoms with Gasteiger partial charge in [-0.05, 0) is 45.9 Å². The van der Waals surface area contributed by atoms with Crippen LogP contribution in [0.25, 0.3) is 26.4 Å². The number of piperazine rings is 1. The number of amides is 2. The first-order chi connectivity index (χ1) is 24.7. The number of carbonyl (C=O) groups excluding carboxylic acids is 2. The Morgan fingerprint density at radius 3 is 2.36 bits per heavy atom. The van der Waals surface area contributed by atoms with Crippen molar-refractivity contribution in [3.8, 4) is 10.7 Å². The number of alkyl halides is 2. The number of carbonyl (C=O) groups is 2. The average Bonchev–Trinajstić information content (AvgIpc) is 3.54. The maximum atomic E-state index is 14.6.